The number of aryl methyl sites for hydroxylation is 2. The molecule has 0 heterocycles. The molecule has 0 saturated carbocycles. The zero-order chi connectivity index (χ0) is 11.9. The predicted molar refractivity (Wildman–Crippen MR) is 77.8 cm³/mol. The van der Waals surface area contributed by atoms with Crippen LogP contribution in [-0.4, -0.2) is 18.1 Å². The maximum Gasteiger partial charge on any atom is 0.0205 e. The van der Waals surface area contributed by atoms with Gasteiger partial charge in [0.25, 0.3) is 0 Å². The van der Waals surface area contributed by atoms with Crippen LogP contribution in [-0.2, 0) is 19.4 Å². The van der Waals surface area contributed by atoms with Gasteiger partial charge in [-0.3, -0.25) is 0 Å². The van der Waals surface area contributed by atoms with E-state index in [1.807, 2.05) is 11.8 Å². The fraction of sp³-hybridized carbons (Fsp3) is 0.600. The van der Waals surface area contributed by atoms with Crippen LogP contribution in [0.5, 0.6) is 0 Å². The van der Waals surface area contributed by atoms with Gasteiger partial charge in [-0.05, 0) is 60.4 Å². The highest BCUT2D eigenvalue weighted by Gasteiger charge is 2.10. The van der Waals surface area contributed by atoms with Gasteiger partial charge in [0, 0.05) is 6.54 Å². The van der Waals surface area contributed by atoms with E-state index in [1.165, 1.54) is 42.8 Å². The predicted octanol–water partition coefficient (Wildman–Crippen LogP) is 3.41. The lowest BCUT2D eigenvalue weighted by Crippen LogP contribution is -2.15. The lowest BCUT2D eigenvalue weighted by molar-refractivity contribution is 0.678. The molecule has 0 unspecified atom stereocenters. The molecular weight excluding hydrogens is 226 g/mol. The van der Waals surface area contributed by atoms with Crippen LogP contribution in [0.3, 0.4) is 0 Å². The van der Waals surface area contributed by atoms with Crippen molar-refractivity contribution < 1.29 is 0 Å². The Balaban J connectivity index is 1.69. The standard InChI is InChI=1S/C15H23NS/c1-2-17-10-4-9-16-12-13-7-8-14-5-3-6-15(14)11-13/h7-8,11,16H,2-6,9-10,12H2,1H3. The topological polar surface area (TPSA) is 12.0 Å². The normalized spacial score (nSPS) is 13.9. The quantitative estimate of drug-likeness (QED) is 0.743. The summed E-state index contributed by atoms with van der Waals surface area (Å²) in [5, 5.41) is 3.54. The van der Waals surface area contributed by atoms with Gasteiger partial charge in [-0.2, -0.15) is 11.8 Å². The van der Waals surface area contributed by atoms with Crippen molar-refractivity contribution in [3.8, 4) is 0 Å². The molecule has 1 aliphatic rings. The third-order valence-electron chi connectivity index (χ3n) is 3.34. The fourth-order valence-corrected chi connectivity index (χ4v) is 3.05. The molecule has 0 saturated heterocycles. The van der Waals surface area contributed by atoms with Gasteiger partial charge >= 0.3 is 0 Å². The molecule has 1 aromatic carbocycles. The Hall–Kier alpha value is -0.470. The molecular formula is C15H23NS. The van der Waals surface area contributed by atoms with E-state index in [-0.39, 0.29) is 0 Å². The summed E-state index contributed by atoms with van der Waals surface area (Å²) >= 11 is 2.03. The van der Waals surface area contributed by atoms with Crippen LogP contribution in [0.4, 0.5) is 0 Å². The average molecular weight is 249 g/mol. The molecule has 1 aromatic rings. The number of nitrogens with one attached hydrogen (secondary N) is 1. The van der Waals surface area contributed by atoms with E-state index in [4.69, 9.17) is 0 Å². The van der Waals surface area contributed by atoms with Crippen LogP contribution in [0.25, 0.3) is 0 Å². The van der Waals surface area contributed by atoms with Crippen molar-refractivity contribution in [2.75, 3.05) is 18.1 Å². The van der Waals surface area contributed by atoms with Gasteiger partial charge in [-0.25, -0.2) is 0 Å². The first-order valence-electron chi connectivity index (χ1n) is 6.79. The van der Waals surface area contributed by atoms with Crippen LogP contribution in [0.1, 0.15) is 36.5 Å². The van der Waals surface area contributed by atoms with Gasteiger partial charge in [-0.1, -0.05) is 25.1 Å². The summed E-state index contributed by atoms with van der Waals surface area (Å²) < 4.78 is 0. The highest BCUT2D eigenvalue weighted by molar-refractivity contribution is 7.99. The van der Waals surface area contributed by atoms with Gasteiger partial charge in [-0.15, -0.1) is 0 Å². The average Bonchev–Trinajstić information content (AvgIpc) is 2.81. The highest BCUT2D eigenvalue weighted by Crippen LogP contribution is 2.22. The molecule has 2 heteroatoms. The third kappa shape index (κ3) is 4.04. The first-order chi connectivity index (χ1) is 8.40. The fourth-order valence-electron chi connectivity index (χ4n) is 2.41. The molecule has 0 bridgehead atoms. The van der Waals surface area contributed by atoms with Crippen molar-refractivity contribution in [3.05, 3.63) is 34.9 Å². The smallest absolute Gasteiger partial charge is 0.0205 e. The summed E-state index contributed by atoms with van der Waals surface area (Å²) in [5.74, 6) is 2.53. The van der Waals surface area contributed by atoms with E-state index < -0.39 is 0 Å². The third-order valence-corrected chi connectivity index (χ3v) is 4.32. The van der Waals surface area contributed by atoms with Gasteiger partial charge < -0.3 is 5.32 Å². The molecule has 94 valence electrons. The molecule has 1 aliphatic carbocycles. The van der Waals surface area contributed by atoms with Crippen molar-refractivity contribution in [1.29, 1.82) is 0 Å². The minimum absolute atomic E-state index is 1.03. The van der Waals surface area contributed by atoms with Crippen molar-refractivity contribution in [2.45, 2.75) is 39.2 Å². The summed E-state index contributed by atoms with van der Waals surface area (Å²) in [5.41, 5.74) is 4.62. The highest BCUT2D eigenvalue weighted by atomic mass is 32.2. The largest absolute Gasteiger partial charge is 0.313 e. The molecule has 0 radical (unpaired) electrons. The van der Waals surface area contributed by atoms with Crippen molar-refractivity contribution in [1.82, 2.24) is 5.32 Å². The summed E-state index contributed by atoms with van der Waals surface area (Å²) in [6.07, 6.45) is 5.21. The van der Waals surface area contributed by atoms with Crippen LogP contribution >= 0.6 is 11.8 Å². The molecule has 1 nitrogen and oxygen atoms in total. The second kappa shape index (κ2) is 7.07. The molecule has 2 rings (SSSR count). The Bertz CT molecular complexity index is 349. The number of hydrogen-bond acceptors (Lipinski definition) is 2. The Labute approximate surface area is 109 Å². The lowest BCUT2D eigenvalue weighted by Gasteiger charge is -2.07. The van der Waals surface area contributed by atoms with Gasteiger partial charge in [0.05, 0.1) is 0 Å². The van der Waals surface area contributed by atoms with Gasteiger partial charge in [0.2, 0.25) is 0 Å². The first kappa shape index (κ1) is 13.0. The van der Waals surface area contributed by atoms with Crippen LogP contribution in [0.2, 0.25) is 0 Å². The molecule has 0 aliphatic heterocycles. The van der Waals surface area contributed by atoms with E-state index in [2.05, 4.69) is 30.4 Å². The number of hydrogen-bond donors (Lipinski definition) is 1. The summed E-state index contributed by atoms with van der Waals surface area (Å²) in [6, 6.07) is 7.01. The van der Waals surface area contributed by atoms with Crippen molar-refractivity contribution in [3.63, 3.8) is 0 Å². The second-order valence-electron chi connectivity index (χ2n) is 4.68. The van der Waals surface area contributed by atoms with Crippen molar-refractivity contribution in [2.24, 2.45) is 0 Å². The van der Waals surface area contributed by atoms with E-state index >= 15 is 0 Å². The maximum atomic E-state index is 3.54. The van der Waals surface area contributed by atoms with Gasteiger partial charge in [0.15, 0.2) is 0 Å². The molecule has 0 fully saturated rings. The zero-order valence-corrected chi connectivity index (χ0v) is 11.6. The maximum absolute atomic E-state index is 3.54. The molecule has 0 atom stereocenters. The number of thioether (sulfide) groups is 1. The minimum Gasteiger partial charge on any atom is -0.313 e. The first-order valence-corrected chi connectivity index (χ1v) is 7.94. The van der Waals surface area contributed by atoms with Crippen molar-refractivity contribution >= 4 is 11.8 Å². The molecule has 0 spiro atoms. The molecule has 1 N–H and O–H groups in total. The zero-order valence-electron chi connectivity index (χ0n) is 10.8. The molecule has 0 aromatic heterocycles. The Morgan fingerprint density at radius 1 is 1.24 bits per heavy atom. The Morgan fingerprint density at radius 2 is 2.12 bits per heavy atom. The number of benzene rings is 1. The monoisotopic (exact) mass is 249 g/mol. The summed E-state index contributed by atoms with van der Waals surface area (Å²) in [4.78, 5) is 0. The van der Waals surface area contributed by atoms with E-state index in [9.17, 15) is 0 Å². The SMILES string of the molecule is CCSCCCNCc1ccc2c(c1)CCC2. The number of rotatable bonds is 7. The van der Waals surface area contributed by atoms with E-state index in [0.717, 1.165) is 13.1 Å². The van der Waals surface area contributed by atoms with Gasteiger partial charge in [0.1, 0.15) is 0 Å². The second-order valence-corrected chi connectivity index (χ2v) is 6.08. The van der Waals surface area contributed by atoms with Crippen LogP contribution < -0.4 is 5.32 Å². The van der Waals surface area contributed by atoms with Crippen LogP contribution in [0.15, 0.2) is 18.2 Å². The minimum atomic E-state index is 1.03. The summed E-state index contributed by atoms with van der Waals surface area (Å²) in [6.45, 7) is 4.40. The Kier molecular flexibility index (Phi) is 5.40. The Morgan fingerprint density at radius 3 is 3.00 bits per heavy atom. The molecule has 17 heavy (non-hydrogen) atoms. The molecule has 0 amide bonds. The van der Waals surface area contributed by atoms with Crippen LogP contribution in [0, 0.1) is 0 Å². The van der Waals surface area contributed by atoms with E-state index in [1.54, 1.807) is 11.1 Å². The summed E-state index contributed by atoms with van der Waals surface area (Å²) in [7, 11) is 0. The lowest BCUT2D eigenvalue weighted by atomic mass is 10.1. The number of fused-ring (bicyclic) bond motifs is 1. The van der Waals surface area contributed by atoms with E-state index in [0.29, 0.717) is 0 Å².